The second-order valence-electron chi connectivity index (χ2n) is 25.8. The van der Waals surface area contributed by atoms with E-state index in [0.717, 1.165) is 18.4 Å². The maximum atomic E-state index is 12.7. The Morgan fingerprint density at radius 1 is 0.564 bits per heavy atom. The number of ether oxygens (including phenoxy) is 8. The van der Waals surface area contributed by atoms with Gasteiger partial charge in [0, 0.05) is 10.8 Å². The molecule has 0 aromatic rings. The van der Waals surface area contributed by atoms with Crippen LogP contribution in [0.4, 0.5) is 0 Å². The number of fused-ring (bicyclic) bond motifs is 5. The summed E-state index contributed by atoms with van der Waals surface area (Å²) in [7, 11) is 0. The van der Waals surface area contributed by atoms with E-state index in [2.05, 4.69) is 47.6 Å². The topological polar surface area (TPSA) is 398 Å². The highest BCUT2D eigenvalue weighted by Gasteiger charge is 2.70. The molecule has 16 N–H and O–H groups in total. The van der Waals surface area contributed by atoms with Crippen LogP contribution in [-0.2, 0) is 37.9 Å². The van der Waals surface area contributed by atoms with Crippen molar-refractivity contribution in [3.05, 3.63) is 11.6 Å². The zero-order valence-electron chi connectivity index (χ0n) is 46.1. The highest BCUT2D eigenvalue weighted by atomic mass is 16.8. The average Bonchev–Trinajstić information content (AvgIpc) is 3.12. The highest BCUT2D eigenvalue weighted by Crippen LogP contribution is 2.75. The van der Waals surface area contributed by atoms with Crippen LogP contribution < -0.4 is 0 Å². The van der Waals surface area contributed by atoms with Crippen molar-refractivity contribution < 1.29 is 120 Å². The molecular weight excluding hydrogens is 1030 g/mol. The molecule has 78 heavy (non-hydrogen) atoms. The molecule has 3 saturated carbocycles. The molecule has 0 aromatic heterocycles. The molecule has 0 aromatic carbocycles. The molecule has 0 amide bonds. The van der Waals surface area contributed by atoms with E-state index in [1.165, 1.54) is 13.8 Å². The summed E-state index contributed by atoms with van der Waals surface area (Å²) in [6.45, 7) is 13.2. The van der Waals surface area contributed by atoms with Gasteiger partial charge in [0.05, 0.1) is 50.3 Å². The van der Waals surface area contributed by atoms with E-state index in [1.807, 2.05) is 0 Å². The van der Waals surface area contributed by atoms with Crippen LogP contribution in [0.2, 0.25) is 0 Å². The van der Waals surface area contributed by atoms with Crippen LogP contribution in [-0.4, -0.2) is 255 Å². The fourth-order valence-electron chi connectivity index (χ4n) is 15.7. The van der Waals surface area contributed by atoms with E-state index in [-0.39, 0.29) is 40.9 Å². The summed E-state index contributed by atoms with van der Waals surface area (Å²) in [5.41, 5.74) is -2.07. The van der Waals surface area contributed by atoms with Crippen molar-refractivity contribution in [2.24, 2.45) is 45.3 Å². The van der Waals surface area contributed by atoms with E-state index in [9.17, 15) is 81.7 Å². The molecule has 452 valence electrons. The third-order valence-electron chi connectivity index (χ3n) is 20.8. The van der Waals surface area contributed by atoms with Crippen LogP contribution >= 0.6 is 0 Å². The van der Waals surface area contributed by atoms with Crippen molar-refractivity contribution in [3.8, 4) is 0 Å². The Kier molecular flexibility index (Phi) is 19.1. The van der Waals surface area contributed by atoms with Crippen molar-refractivity contribution in [3.63, 3.8) is 0 Å². The van der Waals surface area contributed by atoms with Gasteiger partial charge in [0.1, 0.15) is 97.7 Å². The number of rotatable bonds is 17. The van der Waals surface area contributed by atoms with Gasteiger partial charge in [-0.05, 0) is 99.7 Å². The first-order chi connectivity index (χ1) is 36.5. The van der Waals surface area contributed by atoms with E-state index >= 15 is 0 Å². The Morgan fingerprint density at radius 2 is 1.04 bits per heavy atom. The van der Waals surface area contributed by atoms with E-state index in [1.54, 1.807) is 0 Å². The molecule has 8 rings (SSSR count). The molecule has 4 saturated heterocycles. The summed E-state index contributed by atoms with van der Waals surface area (Å²) < 4.78 is 48.2. The summed E-state index contributed by atoms with van der Waals surface area (Å²) in [5, 5.41) is 173. The first kappa shape index (κ1) is 62.8. The van der Waals surface area contributed by atoms with Crippen LogP contribution in [0.5, 0.6) is 0 Å². The maximum absolute atomic E-state index is 12.7. The van der Waals surface area contributed by atoms with Gasteiger partial charge in [0.25, 0.3) is 0 Å². The Hall–Kier alpha value is -1.22. The first-order valence-corrected chi connectivity index (χ1v) is 28.0. The second-order valence-corrected chi connectivity index (χ2v) is 25.8. The van der Waals surface area contributed by atoms with E-state index < -0.39 is 184 Å². The van der Waals surface area contributed by atoms with Crippen molar-refractivity contribution in [2.75, 3.05) is 26.4 Å². The number of allylic oxidation sites excluding steroid dienone is 1. The molecule has 0 spiro atoms. The van der Waals surface area contributed by atoms with Gasteiger partial charge in [-0.2, -0.15) is 0 Å². The van der Waals surface area contributed by atoms with Crippen molar-refractivity contribution in [1.29, 1.82) is 0 Å². The summed E-state index contributed by atoms with van der Waals surface area (Å²) in [4.78, 5) is 0. The van der Waals surface area contributed by atoms with Gasteiger partial charge in [-0.15, -0.1) is 0 Å². The minimum Gasteiger partial charge on any atom is -0.394 e. The van der Waals surface area contributed by atoms with Crippen LogP contribution in [0.3, 0.4) is 0 Å². The standard InChI is InChI=1S/C54H92O24/c1-22(23-15-16-52(6)30-12-10-24-25(54(30,8)31(59)17-53(23,52)7)11-14-32(50(24,2)3)75-46-40(66)37(63)34(60)26(18-55)71-46)9-13-33(51(4,5)70)76-49-45(78-48-42(68)39(65)36(62)28(20-57)73-48)43(69)44(29(21-58)74-49)77-47-41(67)38(64)35(61)27(19-56)72-47/h10,22-23,25-49,55-70H,9,11-21H2,1-8H3/t22-,23?,25?,26-,27+,28+,29-,30?,31-,32+,33-,34-,35+,36+,37+,38-,39-,40-,41+,42+,43+,44-,45-,46+,47-,48-,49+,52+,53-,54+/m1/s1. The van der Waals surface area contributed by atoms with Gasteiger partial charge >= 0.3 is 0 Å². The molecule has 0 radical (unpaired) electrons. The monoisotopic (exact) mass is 1120 g/mol. The fraction of sp³-hybridized carbons (Fsp3) is 0.963. The first-order valence-electron chi connectivity index (χ1n) is 28.0. The van der Waals surface area contributed by atoms with Gasteiger partial charge in [0.15, 0.2) is 25.2 Å². The molecule has 24 heteroatoms. The Morgan fingerprint density at radius 3 is 1.53 bits per heavy atom. The molecule has 4 aliphatic heterocycles. The SMILES string of the molecule is C[C@H](CC[C@@H](O[C@@H]1O[C@H](CO)[C@@H](O[C@H]2O[C@@H](CO)[C@H](O)[C@@H](O)[C@@H]2O)[C@H](O)[C@H]1O[C@H]1O[C@@H](CO)[C@H](O)[C@@H](O)[C@@H]1O)C(C)(C)O)C1CC[C@@]2(C)C3CC=C4C(CC[C@H](O[C@@H]5O[C@H](CO)[C@@H](O)[C@H](O)[C@H]5O)C4(C)C)[C@]3(C)[C@H](O)C[C@]12C. The summed E-state index contributed by atoms with van der Waals surface area (Å²) >= 11 is 0. The van der Waals surface area contributed by atoms with Gasteiger partial charge in [-0.1, -0.05) is 53.2 Å². The van der Waals surface area contributed by atoms with E-state index in [4.69, 9.17) is 37.9 Å². The highest BCUT2D eigenvalue weighted by molar-refractivity contribution is 5.32. The Balaban J connectivity index is 0.995. The Labute approximate surface area is 455 Å². The third-order valence-corrected chi connectivity index (χ3v) is 20.8. The molecule has 4 aliphatic carbocycles. The molecule has 7 fully saturated rings. The molecule has 24 nitrogen and oxygen atoms in total. The zero-order chi connectivity index (χ0) is 57.5. The van der Waals surface area contributed by atoms with Crippen molar-refractivity contribution in [1.82, 2.24) is 0 Å². The second kappa shape index (κ2) is 23.7. The smallest absolute Gasteiger partial charge is 0.187 e. The quantitative estimate of drug-likeness (QED) is 0.0637. The normalized spacial score (nSPS) is 51.4. The lowest BCUT2D eigenvalue weighted by Gasteiger charge is -2.67. The van der Waals surface area contributed by atoms with Crippen LogP contribution in [0.15, 0.2) is 11.6 Å². The minimum atomic E-state index is -1.96. The van der Waals surface area contributed by atoms with Gasteiger partial charge in [-0.25, -0.2) is 0 Å². The summed E-state index contributed by atoms with van der Waals surface area (Å²) in [6, 6.07) is 0. The van der Waals surface area contributed by atoms with Crippen LogP contribution in [0.25, 0.3) is 0 Å². The zero-order valence-corrected chi connectivity index (χ0v) is 46.1. The average molecular weight is 1130 g/mol. The fourth-order valence-corrected chi connectivity index (χ4v) is 15.7. The lowest BCUT2D eigenvalue weighted by atomic mass is 9.38. The molecule has 3 unspecified atom stereocenters. The number of hydrogen-bond acceptors (Lipinski definition) is 24. The molecular formula is C54H92O24. The lowest BCUT2D eigenvalue weighted by molar-refractivity contribution is -0.393. The molecule has 4 heterocycles. The van der Waals surface area contributed by atoms with Crippen LogP contribution in [0.1, 0.15) is 107 Å². The molecule has 8 aliphatic rings. The largest absolute Gasteiger partial charge is 0.394 e. The van der Waals surface area contributed by atoms with Gasteiger partial charge in [0.2, 0.25) is 0 Å². The predicted molar refractivity (Wildman–Crippen MR) is 268 cm³/mol. The summed E-state index contributed by atoms with van der Waals surface area (Å²) in [6.07, 6.45) is -28.2. The predicted octanol–water partition coefficient (Wildman–Crippen LogP) is -3.23. The van der Waals surface area contributed by atoms with Crippen molar-refractivity contribution >= 4 is 0 Å². The minimum absolute atomic E-state index is 0.00555. The third kappa shape index (κ3) is 10.8. The summed E-state index contributed by atoms with van der Waals surface area (Å²) in [5.74, 6) is 0.223. The van der Waals surface area contributed by atoms with Crippen LogP contribution in [0, 0.1) is 45.3 Å². The Bertz CT molecular complexity index is 2020. The lowest BCUT2D eigenvalue weighted by Crippen LogP contribution is -2.67. The molecule has 30 atom stereocenters. The van der Waals surface area contributed by atoms with Gasteiger partial charge < -0.3 is 120 Å². The van der Waals surface area contributed by atoms with Gasteiger partial charge in [-0.3, -0.25) is 0 Å². The van der Waals surface area contributed by atoms with E-state index in [0.29, 0.717) is 32.1 Å². The number of aliphatic hydroxyl groups excluding tert-OH is 15. The maximum Gasteiger partial charge on any atom is 0.187 e. The molecule has 0 bridgehead atoms. The number of hydrogen-bond donors (Lipinski definition) is 16. The number of aliphatic hydroxyl groups is 16. The van der Waals surface area contributed by atoms with Crippen molar-refractivity contribution in [2.45, 2.75) is 253 Å².